The monoisotopic (exact) mass is 437 g/mol. The maximum absolute atomic E-state index is 12.6. The molecule has 0 radical (unpaired) electrons. The molecule has 0 aliphatic carbocycles. The SMILES string of the molecule is CC(=O)NC(CC(=O)Nc1nc(-c2ccccc2OC(F)F)cs1)c1cccs1. The molecule has 0 bridgehead atoms. The number of aromatic nitrogens is 1. The summed E-state index contributed by atoms with van der Waals surface area (Å²) < 4.78 is 29.7. The van der Waals surface area contributed by atoms with Gasteiger partial charge >= 0.3 is 6.61 Å². The lowest BCUT2D eigenvalue weighted by Crippen LogP contribution is -2.29. The van der Waals surface area contributed by atoms with Crippen LogP contribution in [-0.2, 0) is 9.59 Å². The minimum Gasteiger partial charge on any atom is -0.434 e. The molecule has 6 nitrogen and oxygen atoms in total. The highest BCUT2D eigenvalue weighted by Gasteiger charge is 2.19. The number of thiophene rings is 1. The van der Waals surface area contributed by atoms with Crippen LogP contribution in [0.3, 0.4) is 0 Å². The van der Waals surface area contributed by atoms with E-state index in [0.29, 0.717) is 16.4 Å². The van der Waals surface area contributed by atoms with Gasteiger partial charge < -0.3 is 15.4 Å². The van der Waals surface area contributed by atoms with Crippen molar-refractivity contribution in [2.24, 2.45) is 0 Å². The molecule has 0 saturated carbocycles. The molecule has 152 valence electrons. The lowest BCUT2D eigenvalue weighted by molar-refractivity contribution is -0.120. The fourth-order valence-corrected chi connectivity index (χ4v) is 4.15. The van der Waals surface area contributed by atoms with Gasteiger partial charge in [-0.25, -0.2) is 4.98 Å². The molecule has 2 N–H and O–H groups in total. The van der Waals surface area contributed by atoms with E-state index in [1.165, 1.54) is 35.7 Å². The van der Waals surface area contributed by atoms with Crippen LogP contribution < -0.4 is 15.4 Å². The number of benzene rings is 1. The summed E-state index contributed by atoms with van der Waals surface area (Å²) in [6.45, 7) is -1.55. The summed E-state index contributed by atoms with van der Waals surface area (Å²) in [5.41, 5.74) is 0.817. The molecule has 0 fully saturated rings. The van der Waals surface area contributed by atoms with Crippen LogP contribution in [0, 0.1) is 0 Å². The number of alkyl halides is 2. The molecule has 29 heavy (non-hydrogen) atoms. The van der Waals surface area contributed by atoms with E-state index in [1.54, 1.807) is 23.6 Å². The van der Waals surface area contributed by atoms with Crippen LogP contribution in [0.15, 0.2) is 47.2 Å². The number of ether oxygens (including phenoxy) is 1. The van der Waals surface area contributed by atoms with Gasteiger partial charge in [-0.3, -0.25) is 9.59 Å². The van der Waals surface area contributed by atoms with Crippen molar-refractivity contribution in [2.45, 2.75) is 26.0 Å². The van der Waals surface area contributed by atoms with Gasteiger partial charge in [-0.1, -0.05) is 18.2 Å². The van der Waals surface area contributed by atoms with E-state index >= 15 is 0 Å². The Hall–Kier alpha value is -2.85. The van der Waals surface area contributed by atoms with Gasteiger partial charge in [0.25, 0.3) is 0 Å². The molecule has 2 heterocycles. The van der Waals surface area contributed by atoms with E-state index in [-0.39, 0.29) is 24.0 Å². The van der Waals surface area contributed by atoms with Crippen LogP contribution in [-0.4, -0.2) is 23.4 Å². The quantitative estimate of drug-likeness (QED) is 0.536. The van der Waals surface area contributed by atoms with Crippen molar-refractivity contribution in [3.63, 3.8) is 0 Å². The number of carbonyl (C=O) groups is 2. The molecule has 3 aromatic rings. The number of thiazole rings is 1. The predicted octanol–water partition coefficient (Wildman–Crippen LogP) is 4.68. The maximum Gasteiger partial charge on any atom is 0.387 e. The van der Waals surface area contributed by atoms with Crippen molar-refractivity contribution in [3.05, 3.63) is 52.0 Å². The van der Waals surface area contributed by atoms with Crippen LogP contribution in [0.25, 0.3) is 11.3 Å². The molecular weight excluding hydrogens is 420 g/mol. The molecular formula is C19H17F2N3O3S2. The number of rotatable bonds is 8. The van der Waals surface area contributed by atoms with Crippen molar-refractivity contribution < 1.29 is 23.1 Å². The zero-order chi connectivity index (χ0) is 20.8. The van der Waals surface area contributed by atoms with E-state index < -0.39 is 12.7 Å². The molecule has 0 spiro atoms. The van der Waals surface area contributed by atoms with Gasteiger partial charge in [0, 0.05) is 22.7 Å². The molecule has 0 aliphatic heterocycles. The molecule has 1 unspecified atom stereocenters. The van der Waals surface area contributed by atoms with Crippen molar-refractivity contribution in [3.8, 4) is 17.0 Å². The van der Waals surface area contributed by atoms with Crippen LogP contribution in [0.5, 0.6) is 5.75 Å². The van der Waals surface area contributed by atoms with Gasteiger partial charge in [0.05, 0.1) is 18.2 Å². The number of carbonyl (C=O) groups excluding carboxylic acids is 2. The third-order valence-electron chi connectivity index (χ3n) is 3.78. The summed E-state index contributed by atoms with van der Waals surface area (Å²) >= 11 is 2.61. The fraction of sp³-hybridized carbons (Fsp3) is 0.211. The second-order valence-corrected chi connectivity index (χ2v) is 7.77. The van der Waals surface area contributed by atoms with Crippen molar-refractivity contribution in [1.29, 1.82) is 0 Å². The second kappa shape index (κ2) is 9.57. The smallest absolute Gasteiger partial charge is 0.387 e. The molecule has 2 aromatic heterocycles. The predicted molar refractivity (Wildman–Crippen MR) is 108 cm³/mol. The number of nitrogens with one attached hydrogen (secondary N) is 2. The van der Waals surface area contributed by atoms with Crippen LogP contribution in [0.1, 0.15) is 24.3 Å². The van der Waals surface area contributed by atoms with Gasteiger partial charge in [-0.2, -0.15) is 8.78 Å². The van der Waals surface area contributed by atoms with Crippen molar-refractivity contribution in [2.75, 3.05) is 5.32 Å². The Morgan fingerprint density at radius 2 is 1.97 bits per heavy atom. The average molecular weight is 437 g/mol. The molecule has 3 rings (SSSR count). The highest BCUT2D eigenvalue weighted by Crippen LogP contribution is 2.33. The number of nitrogens with zero attached hydrogens (tertiary/aromatic N) is 1. The number of anilines is 1. The lowest BCUT2D eigenvalue weighted by atomic mass is 10.1. The molecule has 2 amide bonds. The van der Waals surface area contributed by atoms with Crippen LogP contribution in [0.4, 0.5) is 13.9 Å². The Kier molecular flexibility index (Phi) is 6.89. The van der Waals surface area contributed by atoms with Gasteiger partial charge in [-0.15, -0.1) is 22.7 Å². The Morgan fingerprint density at radius 3 is 2.66 bits per heavy atom. The number of halogens is 2. The molecule has 1 atom stereocenters. The summed E-state index contributed by atoms with van der Waals surface area (Å²) in [5, 5.41) is 9.29. The zero-order valence-corrected chi connectivity index (χ0v) is 16.9. The topological polar surface area (TPSA) is 80.3 Å². The Bertz CT molecular complexity index is 977. The summed E-state index contributed by atoms with van der Waals surface area (Å²) in [7, 11) is 0. The summed E-state index contributed by atoms with van der Waals surface area (Å²) in [6.07, 6.45) is 0.0418. The fourth-order valence-electron chi connectivity index (χ4n) is 2.65. The number of para-hydroxylation sites is 1. The van der Waals surface area contributed by atoms with E-state index in [9.17, 15) is 18.4 Å². The largest absolute Gasteiger partial charge is 0.434 e. The van der Waals surface area contributed by atoms with Crippen LogP contribution in [0.2, 0.25) is 0 Å². The zero-order valence-electron chi connectivity index (χ0n) is 15.2. The molecule has 0 saturated heterocycles. The summed E-state index contributed by atoms with van der Waals surface area (Å²) in [5.74, 6) is -0.548. The van der Waals surface area contributed by atoms with Gasteiger partial charge in [0.1, 0.15) is 5.75 Å². The number of hydrogen-bond donors (Lipinski definition) is 2. The van der Waals surface area contributed by atoms with E-state index in [1.807, 2.05) is 17.5 Å². The third-order valence-corrected chi connectivity index (χ3v) is 5.53. The normalized spacial score (nSPS) is 11.9. The van der Waals surface area contributed by atoms with Crippen LogP contribution >= 0.6 is 22.7 Å². The molecule has 1 aromatic carbocycles. The molecule has 0 aliphatic rings. The second-order valence-electron chi connectivity index (χ2n) is 5.93. The first kappa shape index (κ1) is 20.9. The number of amides is 2. The van der Waals surface area contributed by atoms with E-state index in [0.717, 1.165) is 4.88 Å². The Balaban J connectivity index is 1.70. The lowest BCUT2D eigenvalue weighted by Gasteiger charge is -2.15. The minimum absolute atomic E-state index is 0.00842. The van der Waals surface area contributed by atoms with Crippen molar-refractivity contribution in [1.82, 2.24) is 10.3 Å². The standard InChI is InChI=1S/C19H17F2N3O3S2/c1-11(25)22-13(16-7-4-8-28-16)9-17(26)24-19-23-14(10-29-19)12-5-2-3-6-15(12)27-18(20)21/h2-8,10,13,18H,9H2,1H3,(H,22,25)(H,23,24,26). The van der Waals surface area contributed by atoms with Gasteiger partial charge in [0.15, 0.2) is 5.13 Å². The first-order valence-electron chi connectivity index (χ1n) is 8.52. The summed E-state index contributed by atoms with van der Waals surface area (Å²) in [4.78, 5) is 29.1. The van der Waals surface area contributed by atoms with E-state index in [2.05, 4.69) is 20.4 Å². The average Bonchev–Trinajstić information content (AvgIpc) is 3.32. The number of hydrogen-bond acceptors (Lipinski definition) is 6. The Labute approximate surface area is 173 Å². The maximum atomic E-state index is 12.6. The Morgan fingerprint density at radius 1 is 1.17 bits per heavy atom. The summed E-state index contributed by atoms with van der Waals surface area (Å²) in [6, 6.07) is 9.57. The first-order valence-corrected chi connectivity index (χ1v) is 10.3. The minimum atomic E-state index is -2.95. The first-order chi connectivity index (χ1) is 13.9. The van der Waals surface area contributed by atoms with Gasteiger partial charge in [0.2, 0.25) is 11.8 Å². The van der Waals surface area contributed by atoms with Gasteiger partial charge in [-0.05, 0) is 23.6 Å². The highest BCUT2D eigenvalue weighted by atomic mass is 32.1. The third kappa shape index (κ3) is 5.81. The highest BCUT2D eigenvalue weighted by molar-refractivity contribution is 7.14. The van der Waals surface area contributed by atoms with E-state index in [4.69, 9.17) is 0 Å². The molecule has 10 heteroatoms. The van der Waals surface area contributed by atoms with Crippen molar-refractivity contribution >= 4 is 39.6 Å².